The van der Waals surface area contributed by atoms with Gasteiger partial charge in [0.1, 0.15) is 0 Å². The third-order valence-electron chi connectivity index (χ3n) is 2.94. The van der Waals surface area contributed by atoms with Crippen molar-refractivity contribution >= 4 is 15.7 Å². The molecule has 18 heavy (non-hydrogen) atoms. The standard InChI is InChI=1S/C13H22N2O2S/c1-5-14-10-12(3)18(16,17)15(4)13-8-6-7-11(2)9-13/h6-9,12,14H,5,10H2,1-4H3. The number of benzene rings is 1. The Kier molecular flexibility index (Phi) is 5.16. The molecule has 0 aliphatic carbocycles. The van der Waals surface area contributed by atoms with E-state index < -0.39 is 15.3 Å². The highest BCUT2D eigenvalue weighted by atomic mass is 32.2. The highest BCUT2D eigenvalue weighted by molar-refractivity contribution is 7.93. The number of anilines is 1. The molecule has 1 rings (SSSR count). The molecule has 0 aromatic heterocycles. The summed E-state index contributed by atoms with van der Waals surface area (Å²) in [5.74, 6) is 0. The molecule has 0 heterocycles. The molecule has 0 amide bonds. The van der Waals surface area contributed by atoms with Crippen molar-refractivity contribution in [3.8, 4) is 0 Å². The molecule has 102 valence electrons. The van der Waals surface area contributed by atoms with Crippen LogP contribution in [-0.2, 0) is 10.0 Å². The molecule has 1 atom stereocenters. The Morgan fingerprint density at radius 1 is 1.39 bits per heavy atom. The maximum atomic E-state index is 12.3. The first-order chi connectivity index (χ1) is 8.39. The molecule has 1 N–H and O–H groups in total. The summed E-state index contributed by atoms with van der Waals surface area (Å²) in [4.78, 5) is 0. The molecule has 1 unspecified atom stereocenters. The Bertz CT molecular complexity index is 486. The maximum Gasteiger partial charge on any atom is 0.238 e. The van der Waals surface area contributed by atoms with Gasteiger partial charge in [-0.15, -0.1) is 0 Å². The quantitative estimate of drug-likeness (QED) is 0.857. The van der Waals surface area contributed by atoms with Gasteiger partial charge in [-0.2, -0.15) is 0 Å². The molecule has 4 nitrogen and oxygen atoms in total. The van der Waals surface area contributed by atoms with E-state index in [1.165, 1.54) is 4.31 Å². The number of hydrogen-bond donors (Lipinski definition) is 1. The van der Waals surface area contributed by atoms with Crippen molar-refractivity contribution in [2.75, 3.05) is 24.4 Å². The number of nitrogens with one attached hydrogen (secondary N) is 1. The number of sulfonamides is 1. The lowest BCUT2D eigenvalue weighted by Gasteiger charge is -2.24. The smallest absolute Gasteiger partial charge is 0.238 e. The Labute approximate surface area is 110 Å². The predicted octanol–water partition coefficient (Wildman–Crippen LogP) is 1.76. The Morgan fingerprint density at radius 3 is 2.61 bits per heavy atom. The van der Waals surface area contributed by atoms with Crippen LogP contribution in [0.2, 0.25) is 0 Å². The Hall–Kier alpha value is -1.07. The van der Waals surface area contributed by atoms with E-state index in [-0.39, 0.29) is 0 Å². The van der Waals surface area contributed by atoms with E-state index in [1.54, 1.807) is 14.0 Å². The highest BCUT2D eigenvalue weighted by Crippen LogP contribution is 2.19. The summed E-state index contributed by atoms with van der Waals surface area (Å²) in [6.45, 7) is 6.88. The van der Waals surface area contributed by atoms with E-state index >= 15 is 0 Å². The number of nitrogens with zero attached hydrogens (tertiary/aromatic N) is 1. The van der Waals surface area contributed by atoms with Crippen LogP contribution in [0.15, 0.2) is 24.3 Å². The van der Waals surface area contributed by atoms with Gasteiger partial charge in [0.2, 0.25) is 10.0 Å². The summed E-state index contributed by atoms with van der Waals surface area (Å²) in [5.41, 5.74) is 1.76. The van der Waals surface area contributed by atoms with Crippen molar-refractivity contribution in [3.05, 3.63) is 29.8 Å². The summed E-state index contributed by atoms with van der Waals surface area (Å²) in [5, 5.41) is 2.62. The van der Waals surface area contributed by atoms with Crippen LogP contribution in [0.1, 0.15) is 19.4 Å². The van der Waals surface area contributed by atoms with Crippen LogP contribution in [-0.4, -0.2) is 33.8 Å². The SMILES string of the molecule is CCNCC(C)S(=O)(=O)N(C)c1cccc(C)c1. The van der Waals surface area contributed by atoms with Crippen molar-refractivity contribution in [1.82, 2.24) is 5.32 Å². The zero-order valence-corrected chi connectivity index (χ0v) is 12.3. The first-order valence-electron chi connectivity index (χ1n) is 6.14. The molecule has 0 fully saturated rings. The fraction of sp³-hybridized carbons (Fsp3) is 0.538. The van der Waals surface area contributed by atoms with Crippen molar-refractivity contribution < 1.29 is 8.42 Å². The molecule has 1 aromatic rings. The summed E-state index contributed by atoms with van der Waals surface area (Å²) in [6.07, 6.45) is 0. The van der Waals surface area contributed by atoms with Crippen LogP contribution in [0.5, 0.6) is 0 Å². The van der Waals surface area contributed by atoms with Gasteiger partial charge < -0.3 is 5.32 Å². The van der Waals surface area contributed by atoms with Crippen LogP contribution in [0.4, 0.5) is 5.69 Å². The van der Waals surface area contributed by atoms with Gasteiger partial charge in [0.05, 0.1) is 10.9 Å². The van der Waals surface area contributed by atoms with E-state index in [9.17, 15) is 8.42 Å². The fourth-order valence-electron chi connectivity index (χ4n) is 1.69. The van der Waals surface area contributed by atoms with E-state index in [1.807, 2.05) is 38.1 Å². The average molecular weight is 270 g/mol. The van der Waals surface area contributed by atoms with Crippen molar-refractivity contribution in [2.24, 2.45) is 0 Å². The minimum atomic E-state index is -3.31. The van der Waals surface area contributed by atoms with Crippen LogP contribution >= 0.6 is 0 Å². The first-order valence-corrected chi connectivity index (χ1v) is 7.65. The largest absolute Gasteiger partial charge is 0.316 e. The second-order valence-corrected chi connectivity index (χ2v) is 6.85. The average Bonchev–Trinajstić information content (AvgIpc) is 2.34. The maximum absolute atomic E-state index is 12.3. The third-order valence-corrected chi connectivity index (χ3v) is 5.10. The van der Waals surface area contributed by atoms with Crippen LogP contribution < -0.4 is 9.62 Å². The molecule has 5 heteroatoms. The number of hydrogen-bond acceptors (Lipinski definition) is 3. The molecule has 0 radical (unpaired) electrons. The summed E-state index contributed by atoms with van der Waals surface area (Å²) >= 11 is 0. The lowest BCUT2D eigenvalue weighted by Crippen LogP contribution is -2.40. The van der Waals surface area contributed by atoms with E-state index in [0.29, 0.717) is 12.2 Å². The zero-order chi connectivity index (χ0) is 13.8. The lowest BCUT2D eigenvalue weighted by atomic mass is 10.2. The third kappa shape index (κ3) is 3.46. The van der Waals surface area contributed by atoms with Gasteiger partial charge >= 0.3 is 0 Å². The van der Waals surface area contributed by atoms with Crippen molar-refractivity contribution in [2.45, 2.75) is 26.0 Å². The highest BCUT2D eigenvalue weighted by Gasteiger charge is 2.25. The zero-order valence-electron chi connectivity index (χ0n) is 11.5. The fourth-order valence-corrected chi connectivity index (χ4v) is 2.97. The van der Waals surface area contributed by atoms with Gasteiger partial charge in [-0.25, -0.2) is 8.42 Å². The van der Waals surface area contributed by atoms with Crippen LogP contribution in [0.25, 0.3) is 0 Å². The Morgan fingerprint density at radius 2 is 2.06 bits per heavy atom. The molecular weight excluding hydrogens is 248 g/mol. The molecule has 0 aliphatic heterocycles. The van der Waals surface area contributed by atoms with Crippen molar-refractivity contribution in [3.63, 3.8) is 0 Å². The predicted molar refractivity (Wildman–Crippen MR) is 76.5 cm³/mol. The molecule has 0 bridgehead atoms. The van der Waals surface area contributed by atoms with Crippen LogP contribution in [0.3, 0.4) is 0 Å². The van der Waals surface area contributed by atoms with E-state index in [0.717, 1.165) is 12.1 Å². The summed E-state index contributed by atoms with van der Waals surface area (Å²) in [6, 6.07) is 7.50. The number of aryl methyl sites for hydroxylation is 1. The second kappa shape index (κ2) is 6.20. The minimum Gasteiger partial charge on any atom is -0.316 e. The van der Waals surface area contributed by atoms with Gasteiger partial charge in [-0.05, 0) is 38.1 Å². The van der Waals surface area contributed by atoms with Gasteiger partial charge in [-0.1, -0.05) is 19.1 Å². The van der Waals surface area contributed by atoms with Crippen molar-refractivity contribution in [1.29, 1.82) is 0 Å². The number of rotatable bonds is 6. The van der Waals surface area contributed by atoms with Crippen LogP contribution in [0, 0.1) is 6.92 Å². The lowest BCUT2D eigenvalue weighted by molar-refractivity contribution is 0.572. The Balaban J connectivity index is 2.91. The summed E-state index contributed by atoms with van der Waals surface area (Å²) < 4.78 is 26.0. The van der Waals surface area contributed by atoms with E-state index in [2.05, 4.69) is 5.32 Å². The summed E-state index contributed by atoms with van der Waals surface area (Å²) in [7, 11) is -1.71. The van der Waals surface area contributed by atoms with Gasteiger partial charge in [0, 0.05) is 13.6 Å². The van der Waals surface area contributed by atoms with Gasteiger partial charge in [0.25, 0.3) is 0 Å². The van der Waals surface area contributed by atoms with Gasteiger partial charge in [0.15, 0.2) is 0 Å². The van der Waals surface area contributed by atoms with E-state index in [4.69, 9.17) is 0 Å². The molecule has 0 spiro atoms. The molecule has 0 saturated carbocycles. The minimum absolute atomic E-state index is 0.442. The molecule has 1 aromatic carbocycles. The first kappa shape index (κ1) is 15.0. The molecule has 0 aliphatic rings. The monoisotopic (exact) mass is 270 g/mol. The second-order valence-electron chi connectivity index (χ2n) is 4.47. The topological polar surface area (TPSA) is 49.4 Å². The molecule has 0 saturated heterocycles. The normalized spacial score (nSPS) is 13.3. The van der Waals surface area contributed by atoms with Gasteiger partial charge in [-0.3, -0.25) is 4.31 Å². The molecular formula is C13H22N2O2S.